The van der Waals surface area contributed by atoms with Gasteiger partial charge in [-0.2, -0.15) is 5.26 Å². The average molecular weight is 470 g/mol. The van der Waals surface area contributed by atoms with E-state index in [9.17, 15) is 5.26 Å². The number of nitriles is 1. The van der Waals surface area contributed by atoms with E-state index in [2.05, 4.69) is 19.9 Å². The van der Waals surface area contributed by atoms with Gasteiger partial charge in [0.15, 0.2) is 0 Å². The maximum Gasteiger partial charge on any atom is 0.0692 e. The summed E-state index contributed by atoms with van der Waals surface area (Å²) < 4.78 is 0. The molecule has 0 aromatic heterocycles. The van der Waals surface area contributed by atoms with Crippen molar-refractivity contribution in [2.45, 2.75) is 168 Å². The third kappa shape index (κ3) is 8.56. The van der Waals surface area contributed by atoms with Crippen LogP contribution < -0.4 is 0 Å². The monoisotopic (exact) mass is 469 g/mol. The molecule has 3 aliphatic carbocycles. The van der Waals surface area contributed by atoms with Gasteiger partial charge >= 0.3 is 0 Å². The fourth-order valence-corrected chi connectivity index (χ4v) is 8.26. The van der Waals surface area contributed by atoms with E-state index in [-0.39, 0.29) is 5.41 Å². The minimum absolute atomic E-state index is 0.0408. The molecule has 3 aliphatic rings. The summed E-state index contributed by atoms with van der Waals surface area (Å²) in [5.41, 5.74) is 0.0408. The van der Waals surface area contributed by atoms with E-state index >= 15 is 0 Å². The zero-order valence-corrected chi connectivity index (χ0v) is 23.3. The topological polar surface area (TPSA) is 23.8 Å². The predicted octanol–water partition coefficient (Wildman–Crippen LogP) is 11.0. The van der Waals surface area contributed by atoms with Crippen LogP contribution in [0.15, 0.2) is 0 Å². The largest absolute Gasteiger partial charge is 0.198 e. The van der Waals surface area contributed by atoms with Crippen LogP contribution in [-0.4, -0.2) is 0 Å². The number of rotatable bonds is 14. The molecule has 3 fully saturated rings. The fourth-order valence-electron chi connectivity index (χ4n) is 8.26. The first-order chi connectivity index (χ1) is 16.7. The van der Waals surface area contributed by atoms with Crippen molar-refractivity contribution >= 4 is 0 Å². The Balaban J connectivity index is 1.32. The van der Waals surface area contributed by atoms with Crippen molar-refractivity contribution in [1.29, 1.82) is 5.26 Å². The third-order valence-corrected chi connectivity index (χ3v) is 10.8. The molecule has 1 heteroatoms. The molecule has 0 unspecified atom stereocenters. The van der Waals surface area contributed by atoms with Crippen LogP contribution in [0, 0.1) is 46.3 Å². The van der Waals surface area contributed by atoms with Crippen LogP contribution in [0.4, 0.5) is 0 Å². The maximum atomic E-state index is 10.3. The number of unbranched alkanes of at least 4 members (excludes halogenated alkanes) is 8. The Kier molecular flexibility index (Phi) is 12.9. The second kappa shape index (κ2) is 15.6. The van der Waals surface area contributed by atoms with E-state index in [0.717, 1.165) is 23.7 Å². The van der Waals surface area contributed by atoms with Gasteiger partial charge in [0.1, 0.15) is 0 Å². The van der Waals surface area contributed by atoms with E-state index in [1.807, 2.05) is 0 Å². The summed E-state index contributed by atoms with van der Waals surface area (Å²) >= 11 is 0. The number of hydrogen-bond acceptors (Lipinski definition) is 1. The van der Waals surface area contributed by atoms with Gasteiger partial charge in [-0.15, -0.1) is 0 Å². The lowest BCUT2D eigenvalue weighted by Crippen LogP contribution is -2.37. The van der Waals surface area contributed by atoms with Gasteiger partial charge in [0.2, 0.25) is 0 Å². The molecule has 0 aliphatic heterocycles. The minimum atomic E-state index is 0.0408. The Labute approximate surface area is 214 Å². The van der Waals surface area contributed by atoms with E-state index in [1.165, 1.54) is 154 Å². The lowest BCUT2D eigenvalue weighted by molar-refractivity contribution is 0.0646. The van der Waals surface area contributed by atoms with Gasteiger partial charge in [0.25, 0.3) is 0 Å². The van der Waals surface area contributed by atoms with E-state index in [0.29, 0.717) is 5.92 Å². The number of nitrogens with zero attached hydrogens (tertiary/aromatic N) is 1. The first kappa shape index (κ1) is 28.1. The zero-order chi connectivity index (χ0) is 24.1. The second-order valence-corrected chi connectivity index (χ2v) is 13.0. The Bertz CT molecular complexity index is 550. The van der Waals surface area contributed by atoms with Crippen LogP contribution in [0.1, 0.15) is 168 Å². The van der Waals surface area contributed by atoms with Crippen molar-refractivity contribution in [2.24, 2.45) is 35.0 Å². The lowest BCUT2D eigenvalue weighted by Gasteiger charge is -2.45. The van der Waals surface area contributed by atoms with Gasteiger partial charge in [-0.1, -0.05) is 104 Å². The highest BCUT2D eigenvalue weighted by molar-refractivity contribution is 5.06. The van der Waals surface area contributed by atoms with Crippen LogP contribution in [0.2, 0.25) is 0 Å². The molecular formula is C33H59N. The standard InChI is InChI=1S/C33H59N/c1-3-5-7-9-11-13-28-15-17-30(18-16-28)31-19-21-32(22-20-31)33(27-34)25-23-29(24-26-33)14-12-10-8-6-4-2/h28-32H,3-26H2,1-2H3/t28-,29-,30-,31-,32+,33+. The Morgan fingerprint density at radius 3 is 1.47 bits per heavy atom. The Morgan fingerprint density at radius 1 is 0.559 bits per heavy atom. The first-order valence-electron chi connectivity index (χ1n) is 16.1. The molecule has 3 rings (SSSR count). The smallest absolute Gasteiger partial charge is 0.0692 e. The van der Waals surface area contributed by atoms with Crippen LogP contribution in [0.3, 0.4) is 0 Å². The normalized spacial score (nSPS) is 34.6. The molecule has 1 nitrogen and oxygen atoms in total. The molecule has 0 amide bonds. The molecule has 34 heavy (non-hydrogen) atoms. The van der Waals surface area contributed by atoms with Crippen LogP contribution >= 0.6 is 0 Å². The molecule has 0 radical (unpaired) electrons. The van der Waals surface area contributed by atoms with E-state index in [1.54, 1.807) is 0 Å². The first-order valence-corrected chi connectivity index (χ1v) is 16.1. The molecule has 0 N–H and O–H groups in total. The third-order valence-electron chi connectivity index (χ3n) is 10.8. The zero-order valence-electron chi connectivity index (χ0n) is 23.3. The van der Waals surface area contributed by atoms with Gasteiger partial charge < -0.3 is 0 Å². The van der Waals surface area contributed by atoms with Gasteiger partial charge in [-0.25, -0.2) is 0 Å². The summed E-state index contributed by atoms with van der Waals surface area (Å²) in [7, 11) is 0. The molecule has 0 heterocycles. The molecule has 0 aromatic carbocycles. The molecule has 0 saturated heterocycles. The van der Waals surface area contributed by atoms with Crippen molar-refractivity contribution in [3.8, 4) is 6.07 Å². The van der Waals surface area contributed by atoms with Crippen LogP contribution in [0.5, 0.6) is 0 Å². The molecule has 3 saturated carbocycles. The van der Waals surface area contributed by atoms with Crippen molar-refractivity contribution < 1.29 is 0 Å². The molecule has 0 atom stereocenters. The SMILES string of the molecule is CCCCCCC[C@H]1CC[C@H]([C@H]2CC[C@@H]([C@]3(C#N)CC[C@H](CCCCCCC)CC3)CC2)CC1. The summed E-state index contributed by atoms with van der Waals surface area (Å²) in [4.78, 5) is 0. The minimum Gasteiger partial charge on any atom is -0.198 e. The van der Waals surface area contributed by atoms with Gasteiger partial charge in [-0.3, -0.25) is 0 Å². The van der Waals surface area contributed by atoms with E-state index in [4.69, 9.17) is 0 Å². The van der Waals surface area contributed by atoms with Crippen molar-refractivity contribution in [3.05, 3.63) is 0 Å². The molecule has 0 aromatic rings. The Morgan fingerprint density at radius 2 is 1.00 bits per heavy atom. The maximum absolute atomic E-state index is 10.3. The highest BCUT2D eigenvalue weighted by Gasteiger charge is 2.44. The summed E-state index contributed by atoms with van der Waals surface area (Å²) in [5, 5.41) is 10.3. The van der Waals surface area contributed by atoms with E-state index < -0.39 is 0 Å². The summed E-state index contributed by atoms with van der Waals surface area (Å²) in [6.45, 7) is 4.62. The van der Waals surface area contributed by atoms with Crippen LogP contribution in [0.25, 0.3) is 0 Å². The summed E-state index contributed by atoms with van der Waals surface area (Å²) in [6.07, 6.45) is 33.9. The molecule has 196 valence electrons. The van der Waals surface area contributed by atoms with Crippen molar-refractivity contribution in [2.75, 3.05) is 0 Å². The van der Waals surface area contributed by atoms with Gasteiger partial charge in [0.05, 0.1) is 11.5 Å². The highest BCUT2D eigenvalue weighted by Crippen LogP contribution is 2.52. The average Bonchev–Trinajstić information content (AvgIpc) is 2.89. The summed E-state index contributed by atoms with van der Waals surface area (Å²) in [6, 6.07) is 2.92. The molecular weight excluding hydrogens is 410 g/mol. The Hall–Kier alpha value is -0.510. The number of hydrogen-bond donors (Lipinski definition) is 0. The van der Waals surface area contributed by atoms with Gasteiger partial charge in [0, 0.05) is 0 Å². The van der Waals surface area contributed by atoms with Gasteiger partial charge in [-0.05, 0) is 93.8 Å². The quantitative estimate of drug-likeness (QED) is 0.232. The predicted molar refractivity (Wildman–Crippen MR) is 148 cm³/mol. The van der Waals surface area contributed by atoms with Crippen LogP contribution in [-0.2, 0) is 0 Å². The lowest BCUT2D eigenvalue weighted by atomic mass is 9.58. The molecule has 0 spiro atoms. The van der Waals surface area contributed by atoms with Crippen molar-refractivity contribution in [3.63, 3.8) is 0 Å². The molecule has 0 bridgehead atoms. The highest BCUT2D eigenvalue weighted by atomic mass is 14.5. The van der Waals surface area contributed by atoms with Crippen molar-refractivity contribution in [1.82, 2.24) is 0 Å². The second-order valence-electron chi connectivity index (χ2n) is 13.0. The fraction of sp³-hybridized carbons (Fsp3) is 0.970. The summed E-state index contributed by atoms with van der Waals surface area (Å²) in [5.74, 6) is 4.66.